The van der Waals surface area contributed by atoms with Gasteiger partial charge in [0.15, 0.2) is 4.67 Å². The van der Waals surface area contributed by atoms with Crippen LogP contribution >= 0.6 is 27.3 Å². The summed E-state index contributed by atoms with van der Waals surface area (Å²) in [5.41, 5.74) is 0. The molecule has 1 unspecified atom stereocenters. The van der Waals surface area contributed by atoms with Gasteiger partial charge < -0.3 is 9.52 Å². The van der Waals surface area contributed by atoms with Crippen LogP contribution in [0.1, 0.15) is 28.4 Å². The molecule has 0 aliphatic carbocycles. The van der Waals surface area contributed by atoms with Crippen molar-refractivity contribution in [2.24, 2.45) is 0 Å². The van der Waals surface area contributed by atoms with Crippen LogP contribution in [0.5, 0.6) is 0 Å². The summed E-state index contributed by atoms with van der Waals surface area (Å²) < 4.78 is 31.6. The van der Waals surface area contributed by atoms with E-state index in [1.54, 1.807) is 6.92 Å². The summed E-state index contributed by atoms with van der Waals surface area (Å²) in [4.78, 5) is 11.4. The van der Waals surface area contributed by atoms with Crippen LogP contribution in [0, 0.1) is 0 Å². The molecule has 0 bridgehead atoms. The molecule has 0 aliphatic rings. The number of rotatable bonds is 5. The lowest BCUT2D eigenvalue weighted by Crippen LogP contribution is -2.26. The first-order chi connectivity index (χ1) is 9.31. The SMILES string of the molecule is CC(NS(=O)(=O)c1cc(C(=O)O)oc1Br)c1cccs1. The number of hydrogen-bond acceptors (Lipinski definition) is 5. The van der Waals surface area contributed by atoms with Crippen molar-refractivity contribution < 1.29 is 22.7 Å². The standard InChI is InChI=1S/C11H10BrNO5S2/c1-6(8-3-2-4-19-8)13-20(16,17)9-5-7(11(14)15)18-10(9)12/h2-6,13H,1H3,(H,14,15). The van der Waals surface area contributed by atoms with Gasteiger partial charge >= 0.3 is 5.97 Å². The van der Waals surface area contributed by atoms with Crippen molar-refractivity contribution in [1.29, 1.82) is 0 Å². The smallest absolute Gasteiger partial charge is 0.371 e. The maximum atomic E-state index is 12.2. The Hall–Kier alpha value is -1.16. The third kappa shape index (κ3) is 3.11. The molecule has 2 N–H and O–H groups in total. The highest BCUT2D eigenvalue weighted by atomic mass is 79.9. The molecular formula is C11H10BrNO5S2. The molecule has 0 aromatic carbocycles. The number of thiophene rings is 1. The average molecular weight is 380 g/mol. The van der Waals surface area contributed by atoms with Crippen LogP contribution in [-0.2, 0) is 10.0 Å². The Bertz CT molecular complexity index is 720. The molecule has 1 atom stereocenters. The molecule has 0 amide bonds. The molecular weight excluding hydrogens is 370 g/mol. The molecule has 0 radical (unpaired) electrons. The first kappa shape index (κ1) is 15.2. The molecule has 0 fully saturated rings. The molecule has 2 aromatic heterocycles. The van der Waals surface area contributed by atoms with Crippen LogP contribution in [0.25, 0.3) is 0 Å². The van der Waals surface area contributed by atoms with Gasteiger partial charge in [0.1, 0.15) is 4.90 Å². The van der Waals surface area contributed by atoms with Crippen molar-refractivity contribution in [3.63, 3.8) is 0 Å². The lowest BCUT2D eigenvalue weighted by Gasteiger charge is -2.11. The van der Waals surface area contributed by atoms with E-state index in [1.807, 2.05) is 17.5 Å². The number of furan rings is 1. The van der Waals surface area contributed by atoms with Crippen LogP contribution in [0.15, 0.2) is 37.6 Å². The lowest BCUT2D eigenvalue weighted by atomic mass is 10.3. The number of sulfonamides is 1. The summed E-state index contributed by atoms with van der Waals surface area (Å²) in [6.45, 7) is 1.70. The van der Waals surface area contributed by atoms with E-state index >= 15 is 0 Å². The van der Waals surface area contributed by atoms with E-state index in [9.17, 15) is 13.2 Å². The second-order valence-electron chi connectivity index (χ2n) is 3.91. The normalized spacial score (nSPS) is 13.3. The van der Waals surface area contributed by atoms with E-state index in [2.05, 4.69) is 20.7 Å². The predicted octanol–water partition coefficient (Wildman–Crippen LogP) is 2.84. The Morgan fingerprint density at radius 2 is 2.25 bits per heavy atom. The monoisotopic (exact) mass is 379 g/mol. The van der Waals surface area contributed by atoms with Gasteiger partial charge in [-0.25, -0.2) is 17.9 Å². The zero-order valence-corrected chi connectivity index (χ0v) is 13.4. The minimum absolute atomic E-state index is 0.138. The van der Waals surface area contributed by atoms with Crippen molar-refractivity contribution in [2.75, 3.05) is 0 Å². The van der Waals surface area contributed by atoms with Gasteiger partial charge in [-0.15, -0.1) is 11.3 Å². The number of carboxylic acid groups (broad SMARTS) is 1. The Kier molecular flexibility index (Phi) is 4.33. The summed E-state index contributed by atoms with van der Waals surface area (Å²) in [5.74, 6) is -1.78. The Morgan fingerprint density at radius 3 is 2.75 bits per heavy atom. The second kappa shape index (κ2) is 5.68. The van der Waals surface area contributed by atoms with E-state index in [4.69, 9.17) is 9.52 Å². The van der Waals surface area contributed by atoms with Gasteiger partial charge in [-0.05, 0) is 34.3 Å². The second-order valence-corrected chi connectivity index (χ2v) is 7.29. The summed E-state index contributed by atoms with van der Waals surface area (Å²) in [7, 11) is -3.88. The zero-order valence-electron chi connectivity index (χ0n) is 10.2. The molecule has 9 heteroatoms. The minimum Gasteiger partial charge on any atom is -0.475 e. The maximum Gasteiger partial charge on any atom is 0.371 e. The van der Waals surface area contributed by atoms with Gasteiger partial charge in [0, 0.05) is 10.9 Å². The molecule has 6 nitrogen and oxygen atoms in total. The first-order valence-corrected chi connectivity index (χ1v) is 8.55. The summed E-state index contributed by atoms with van der Waals surface area (Å²) in [6, 6.07) is 4.18. The van der Waals surface area contributed by atoms with Gasteiger partial charge in [-0.2, -0.15) is 0 Å². The number of halogens is 1. The highest BCUT2D eigenvalue weighted by Crippen LogP contribution is 2.28. The highest BCUT2D eigenvalue weighted by Gasteiger charge is 2.26. The van der Waals surface area contributed by atoms with Crippen molar-refractivity contribution in [1.82, 2.24) is 4.72 Å². The topological polar surface area (TPSA) is 96.6 Å². The molecule has 20 heavy (non-hydrogen) atoms. The molecule has 0 aliphatic heterocycles. The van der Waals surface area contributed by atoms with Crippen molar-refractivity contribution in [2.45, 2.75) is 17.9 Å². The quantitative estimate of drug-likeness (QED) is 0.832. The number of carbonyl (C=O) groups is 1. The molecule has 0 saturated heterocycles. The fourth-order valence-corrected chi connectivity index (χ4v) is 4.50. The van der Waals surface area contributed by atoms with Gasteiger partial charge in [0.25, 0.3) is 0 Å². The third-order valence-corrected chi connectivity index (χ3v) is 5.91. The van der Waals surface area contributed by atoms with Gasteiger partial charge in [-0.1, -0.05) is 6.07 Å². The van der Waals surface area contributed by atoms with E-state index in [1.165, 1.54) is 11.3 Å². The summed E-state index contributed by atoms with van der Waals surface area (Å²) in [6.07, 6.45) is 0. The molecule has 0 spiro atoms. The fraction of sp³-hybridized carbons (Fsp3) is 0.182. The summed E-state index contributed by atoms with van der Waals surface area (Å²) >= 11 is 4.34. The van der Waals surface area contributed by atoms with Gasteiger partial charge in [-0.3, -0.25) is 0 Å². The number of carboxylic acids is 1. The van der Waals surface area contributed by atoms with Crippen LogP contribution in [0.3, 0.4) is 0 Å². The van der Waals surface area contributed by atoms with E-state index < -0.39 is 27.8 Å². The van der Waals surface area contributed by atoms with Crippen LogP contribution < -0.4 is 4.72 Å². The fourth-order valence-electron chi connectivity index (χ4n) is 1.53. The maximum absolute atomic E-state index is 12.2. The molecule has 0 saturated carbocycles. The average Bonchev–Trinajstić information content (AvgIpc) is 2.96. The van der Waals surface area contributed by atoms with Crippen LogP contribution in [0.2, 0.25) is 0 Å². The number of aromatic carboxylic acids is 1. The Labute approximate surface area is 127 Å². The molecule has 2 heterocycles. The molecule has 2 rings (SSSR count). The first-order valence-electron chi connectivity index (χ1n) is 5.39. The van der Waals surface area contributed by atoms with Crippen LogP contribution in [0.4, 0.5) is 0 Å². The van der Waals surface area contributed by atoms with Crippen LogP contribution in [-0.4, -0.2) is 19.5 Å². The lowest BCUT2D eigenvalue weighted by molar-refractivity contribution is 0.0661. The van der Waals surface area contributed by atoms with E-state index in [-0.39, 0.29) is 9.56 Å². The highest BCUT2D eigenvalue weighted by molar-refractivity contribution is 9.10. The predicted molar refractivity (Wildman–Crippen MR) is 76.4 cm³/mol. The number of nitrogens with one attached hydrogen (secondary N) is 1. The van der Waals surface area contributed by atoms with Crippen molar-refractivity contribution >= 4 is 43.3 Å². The minimum atomic E-state index is -3.88. The third-order valence-electron chi connectivity index (χ3n) is 2.46. The molecule has 2 aromatic rings. The van der Waals surface area contributed by atoms with Crippen molar-refractivity contribution in [3.8, 4) is 0 Å². The molecule has 108 valence electrons. The van der Waals surface area contributed by atoms with Gasteiger partial charge in [0.2, 0.25) is 15.8 Å². The van der Waals surface area contributed by atoms with Crippen molar-refractivity contribution in [3.05, 3.63) is 38.9 Å². The number of hydrogen-bond donors (Lipinski definition) is 2. The van der Waals surface area contributed by atoms with E-state index in [0.29, 0.717) is 0 Å². The largest absolute Gasteiger partial charge is 0.475 e. The zero-order chi connectivity index (χ0) is 14.9. The Balaban J connectivity index is 2.29. The Morgan fingerprint density at radius 1 is 1.55 bits per heavy atom. The van der Waals surface area contributed by atoms with Gasteiger partial charge in [0.05, 0.1) is 6.04 Å². The van der Waals surface area contributed by atoms with E-state index in [0.717, 1.165) is 10.9 Å². The summed E-state index contributed by atoms with van der Waals surface area (Å²) in [5, 5.41) is 10.6.